The number of nitrogens with zero attached hydrogens (tertiary/aromatic N) is 2. The summed E-state index contributed by atoms with van der Waals surface area (Å²) < 4.78 is 23.3. The second-order valence-corrected chi connectivity index (χ2v) is 16.3. The van der Waals surface area contributed by atoms with Crippen LogP contribution in [0, 0.1) is 0 Å². The number of unbranched alkanes of at least 4 members (excludes halogenated alkanes) is 18. The van der Waals surface area contributed by atoms with E-state index in [4.69, 9.17) is 34.2 Å². The van der Waals surface area contributed by atoms with E-state index in [2.05, 4.69) is 74.4 Å². The van der Waals surface area contributed by atoms with Gasteiger partial charge in [0.05, 0.1) is 26.4 Å². The fourth-order valence-corrected chi connectivity index (χ4v) is 6.77. The lowest BCUT2D eigenvalue weighted by molar-refractivity contribution is 0.0114. The summed E-state index contributed by atoms with van der Waals surface area (Å²) in [7, 11) is 0. The Balaban J connectivity index is 0.00000131. The number of hydrogen-bond acceptors (Lipinski definition) is 8. The van der Waals surface area contributed by atoms with Crippen molar-refractivity contribution in [2.45, 2.75) is 206 Å². The normalized spacial score (nSPS) is 16.0. The van der Waals surface area contributed by atoms with Crippen molar-refractivity contribution in [3.63, 3.8) is 0 Å². The lowest BCUT2D eigenvalue weighted by Crippen LogP contribution is -2.40. The highest BCUT2D eigenvalue weighted by Crippen LogP contribution is 2.23. The van der Waals surface area contributed by atoms with Crippen LogP contribution < -0.4 is 0 Å². The predicted molar refractivity (Wildman–Crippen MR) is 247 cm³/mol. The SMILES string of the molecule is CCC1=NC(CO)(CO)CO1.CCCCC/C=C\C/C=C\CCCCCCCCOCC1(COCCCCCCCC/C=C\C/C=C\CCCCC)COC(CC)=N1. The molecule has 2 aliphatic rings. The summed E-state index contributed by atoms with van der Waals surface area (Å²) in [5.41, 5.74) is -1.13. The van der Waals surface area contributed by atoms with Crippen LogP contribution in [0.15, 0.2) is 58.6 Å². The summed E-state index contributed by atoms with van der Waals surface area (Å²) in [6, 6.07) is 0. The second-order valence-electron chi connectivity index (χ2n) is 16.3. The zero-order chi connectivity index (χ0) is 42.1. The van der Waals surface area contributed by atoms with Crippen molar-refractivity contribution in [2.24, 2.45) is 9.98 Å². The minimum atomic E-state index is -0.772. The minimum absolute atomic E-state index is 0.160. The van der Waals surface area contributed by atoms with Gasteiger partial charge in [-0.3, -0.25) is 0 Å². The molecule has 0 aromatic heterocycles. The number of aliphatic hydroxyl groups excluding tert-OH is 2. The number of allylic oxidation sites excluding steroid dienone is 8. The first kappa shape index (κ1) is 53.8. The van der Waals surface area contributed by atoms with Gasteiger partial charge >= 0.3 is 0 Å². The van der Waals surface area contributed by atoms with E-state index in [1.165, 1.54) is 128 Å². The lowest BCUT2D eigenvalue weighted by Gasteiger charge is -2.24. The van der Waals surface area contributed by atoms with Crippen LogP contribution in [-0.4, -0.2) is 85.9 Å². The number of ether oxygens (including phenoxy) is 4. The monoisotopic (exact) mass is 815 g/mol. The lowest BCUT2D eigenvalue weighted by atomic mass is 10.1. The number of aliphatic imine (C=N–C) groups is 2. The largest absolute Gasteiger partial charge is 0.478 e. The maximum Gasteiger partial charge on any atom is 0.183 e. The number of aliphatic hydroxyl groups is 2. The maximum absolute atomic E-state index is 8.88. The molecule has 58 heavy (non-hydrogen) atoms. The maximum atomic E-state index is 8.88. The van der Waals surface area contributed by atoms with E-state index in [0.29, 0.717) is 38.7 Å². The van der Waals surface area contributed by atoms with E-state index >= 15 is 0 Å². The Hall–Kier alpha value is -2.26. The molecule has 0 spiro atoms. The molecule has 0 aliphatic carbocycles. The molecular formula is C50H90N2O6. The third kappa shape index (κ3) is 29.0. The highest BCUT2D eigenvalue weighted by atomic mass is 16.5. The first-order valence-electron chi connectivity index (χ1n) is 23.9. The van der Waals surface area contributed by atoms with Gasteiger partial charge in [-0.05, 0) is 77.0 Å². The summed E-state index contributed by atoms with van der Waals surface area (Å²) in [6.07, 6.45) is 50.6. The molecular weight excluding hydrogens is 725 g/mol. The molecule has 0 bridgehead atoms. The molecule has 0 atom stereocenters. The first-order valence-corrected chi connectivity index (χ1v) is 23.9. The van der Waals surface area contributed by atoms with Crippen molar-refractivity contribution in [3.8, 4) is 0 Å². The van der Waals surface area contributed by atoms with Crippen LogP contribution in [0.4, 0.5) is 0 Å². The summed E-state index contributed by atoms with van der Waals surface area (Å²) in [4.78, 5) is 8.96. The number of hydrogen-bond donors (Lipinski definition) is 2. The van der Waals surface area contributed by atoms with E-state index < -0.39 is 5.54 Å². The molecule has 2 aliphatic heterocycles. The average molecular weight is 815 g/mol. The van der Waals surface area contributed by atoms with Crippen molar-refractivity contribution >= 4 is 11.8 Å². The van der Waals surface area contributed by atoms with Crippen molar-refractivity contribution in [1.82, 2.24) is 0 Å². The van der Waals surface area contributed by atoms with Gasteiger partial charge in [0.1, 0.15) is 24.3 Å². The Morgan fingerprint density at radius 2 is 0.810 bits per heavy atom. The third-order valence-electron chi connectivity index (χ3n) is 10.7. The average Bonchev–Trinajstić information content (AvgIpc) is 3.88. The predicted octanol–water partition coefficient (Wildman–Crippen LogP) is 12.8. The van der Waals surface area contributed by atoms with Crippen molar-refractivity contribution in [2.75, 3.05) is 52.9 Å². The van der Waals surface area contributed by atoms with Gasteiger partial charge in [0.15, 0.2) is 11.8 Å². The van der Waals surface area contributed by atoms with E-state index in [9.17, 15) is 0 Å². The molecule has 0 aromatic carbocycles. The molecule has 2 heterocycles. The first-order chi connectivity index (χ1) is 28.5. The van der Waals surface area contributed by atoms with Gasteiger partial charge in [-0.1, -0.05) is 153 Å². The molecule has 8 heteroatoms. The van der Waals surface area contributed by atoms with Gasteiger partial charge in [-0.25, -0.2) is 9.98 Å². The summed E-state index contributed by atoms with van der Waals surface area (Å²) in [5, 5.41) is 17.8. The highest BCUT2D eigenvalue weighted by Gasteiger charge is 2.37. The second kappa shape index (κ2) is 38.9. The Morgan fingerprint density at radius 3 is 1.16 bits per heavy atom. The molecule has 0 fully saturated rings. The third-order valence-corrected chi connectivity index (χ3v) is 10.7. The van der Waals surface area contributed by atoms with Gasteiger partial charge in [-0.15, -0.1) is 0 Å². The molecule has 0 amide bonds. The molecule has 0 unspecified atom stereocenters. The highest BCUT2D eigenvalue weighted by molar-refractivity contribution is 5.78. The zero-order valence-corrected chi connectivity index (χ0v) is 38.1. The van der Waals surface area contributed by atoms with Crippen molar-refractivity contribution in [1.29, 1.82) is 0 Å². The Bertz CT molecular complexity index is 1060. The van der Waals surface area contributed by atoms with Crippen LogP contribution in [-0.2, 0) is 18.9 Å². The standard InChI is InChI=1S/C43H77NO3.C7H13NO3/c1-4-7-9-11-13-15-17-19-21-23-25-27-29-31-33-35-37-45-39-43(41-47-42(6-3)44-43)40-46-38-36-34-32-30-28-26-24-22-20-18-16-14-12-10-8-5-2;1-2-6-8-7(3-9,4-10)5-11-6/h13-16,19-22H,4-12,17-18,23-41H2,1-3H3;9-10H,2-5H2,1H3/b15-13-,16-14-,21-19-,22-20-;. The van der Waals surface area contributed by atoms with Gasteiger partial charge < -0.3 is 29.2 Å². The van der Waals surface area contributed by atoms with E-state index in [1.807, 2.05) is 6.92 Å². The van der Waals surface area contributed by atoms with E-state index in [0.717, 1.165) is 51.2 Å². The quantitative estimate of drug-likeness (QED) is 0.0475. The van der Waals surface area contributed by atoms with E-state index in [-0.39, 0.29) is 18.8 Å². The van der Waals surface area contributed by atoms with Crippen LogP contribution in [0.5, 0.6) is 0 Å². The molecule has 0 radical (unpaired) electrons. The molecule has 0 saturated heterocycles. The van der Waals surface area contributed by atoms with Gasteiger partial charge in [0.2, 0.25) is 0 Å². The van der Waals surface area contributed by atoms with E-state index in [1.54, 1.807) is 0 Å². The molecule has 336 valence electrons. The van der Waals surface area contributed by atoms with Crippen LogP contribution >= 0.6 is 0 Å². The fourth-order valence-electron chi connectivity index (χ4n) is 6.77. The Kier molecular flexibility index (Phi) is 36.1. The van der Waals surface area contributed by atoms with Crippen molar-refractivity contribution < 1.29 is 29.2 Å². The Morgan fingerprint density at radius 1 is 0.466 bits per heavy atom. The van der Waals surface area contributed by atoms with Crippen LogP contribution in [0.25, 0.3) is 0 Å². The topological polar surface area (TPSA) is 102 Å². The van der Waals surface area contributed by atoms with Gasteiger partial charge in [0.25, 0.3) is 0 Å². The molecule has 8 nitrogen and oxygen atoms in total. The van der Waals surface area contributed by atoms with Crippen LogP contribution in [0.2, 0.25) is 0 Å². The fraction of sp³-hybridized carbons (Fsp3) is 0.800. The summed E-state index contributed by atoms with van der Waals surface area (Å²) >= 11 is 0. The summed E-state index contributed by atoms with van der Waals surface area (Å²) in [6.45, 7) is 11.9. The molecule has 2 rings (SSSR count). The molecule has 2 N–H and O–H groups in total. The molecule has 0 saturated carbocycles. The zero-order valence-electron chi connectivity index (χ0n) is 38.1. The Labute approximate surface area is 357 Å². The van der Waals surface area contributed by atoms with Gasteiger partial charge in [0, 0.05) is 26.1 Å². The van der Waals surface area contributed by atoms with Crippen LogP contribution in [0.3, 0.4) is 0 Å². The van der Waals surface area contributed by atoms with Crippen LogP contribution in [0.1, 0.15) is 195 Å². The summed E-state index contributed by atoms with van der Waals surface area (Å²) in [5.74, 6) is 1.47. The van der Waals surface area contributed by atoms with Crippen molar-refractivity contribution in [3.05, 3.63) is 48.6 Å². The van der Waals surface area contributed by atoms with Gasteiger partial charge in [-0.2, -0.15) is 0 Å². The number of rotatable bonds is 38. The molecule has 0 aromatic rings. The minimum Gasteiger partial charge on any atom is -0.478 e. The smallest absolute Gasteiger partial charge is 0.183 e.